The van der Waals surface area contributed by atoms with Gasteiger partial charge in [-0.15, -0.1) is 0 Å². The Hall–Kier alpha value is -0.130. The fraction of sp³-hybridized carbons (Fsp3) is 1.00. The fourth-order valence-corrected chi connectivity index (χ4v) is 3.03. The second kappa shape index (κ2) is 7.34. The van der Waals surface area contributed by atoms with Crippen molar-refractivity contribution in [1.29, 1.82) is 0 Å². The molecule has 0 saturated heterocycles. The highest BCUT2D eigenvalue weighted by atomic mass is 32.2. The minimum Gasteiger partial charge on any atom is -0.315 e. The molecule has 1 N–H and O–H groups in total. The average Bonchev–Trinajstić information content (AvgIpc) is 2.52. The second-order valence-electron chi connectivity index (χ2n) is 5.16. The van der Waals surface area contributed by atoms with Crippen molar-refractivity contribution in [3.8, 4) is 0 Å². The molecule has 1 fully saturated rings. The molecule has 0 radical (unpaired) electrons. The monoisotopic (exact) mass is 262 g/mol. The Bertz CT molecular complexity index is 294. The van der Waals surface area contributed by atoms with E-state index in [-0.39, 0.29) is 5.75 Å². The van der Waals surface area contributed by atoms with Gasteiger partial charge in [-0.2, -0.15) is 0 Å². The molecular weight excluding hydrogens is 236 g/mol. The van der Waals surface area contributed by atoms with E-state index < -0.39 is 10.0 Å². The smallest absolute Gasteiger partial charge is 0.214 e. The van der Waals surface area contributed by atoms with Gasteiger partial charge >= 0.3 is 0 Å². The largest absolute Gasteiger partial charge is 0.315 e. The van der Waals surface area contributed by atoms with Crippen LogP contribution in [0.15, 0.2) is 0 Å². The van der Waals surface area contributed by atoms with Crippen LogP contribution in [0.5, 0.6) is 0 Å². The highest BCUT2D eigenvalue weighted by molar-refractivity contribution is 7.89. The van der Waals surface area contributed by atoms with Crippen LogP contribution >= 0.6 is 0 Å². The van der Waals surface area contributed by atoms with Gasteiger partial charge in [-0.05, 0) is 25.3 Å². The number of sulfonamides is 1. The number of nitrogens with zero attached hydrogens (tertiary/aromatic N) is 1. The maximum Gasteiger partial charge on any atom is 0.214 e. The Kier molecular flexibility index (Phi) is 6.44. The third-order valence-electron chi connectivity index (χ3n) is 3.50. The molecule has 0 atom stereocenters. The van der Waals surface area contributed by atoms with Crippen molar-refractivity contribution in [2.75, 3.05) is 32.9 Å². The van der Waals surface area contributed by atoms with Gasteiger partial charge in [0.15, 0.2) is 0 Å². The zero-order valence-corrected chi connectivity index (χ0v) is 11.9. The van der Waals surface area contributed by atoms with E-state index in [1.807, 2.05) is 0 Å². The number of rotatable bonds is 6. The summed E-state index contributed by atoms with van der Waals surface area (Å²) < 4.78 is 24.3. The van der Waals surface area contributed by atoms with Crippen molar-refractivity contribution < 1.29 is 8.42 Å². The normalized spacial score (nSPS) is 19.5. The van der Waals surface area contributed by atoms with Gasteiger partial charge in [0.2, 0.25) is 10.0 Å². The van der Waals surface area contributed by atoms with E-state index in [1.54, 1.807) is 14.1 Å². The molecule has 0 aliphatic heterocycles. The summed E-state index contributed by atoms with van der Waals surface area (Å²) in [6.07, 6.45) is 8.00. The first-order valence-electron chi connectivity index (χ1n) is 6.63. The lowest BCUT2D eigenvalue weighted by Gasteiger charge is -2.16. The molecule has 5 heteroatoms. The van der Waals surface area contributed by atoms with Crippen LogP contribution in [-0.4, -0.2) is 45.7 Å². The SMILES string of the molecule is CN(C)S(=O)(=O)CCNCC1CCCCCC1. The van der Waals surface area contributed by atoms with E-state index in [2.05, 4.69) is 5.32 Å². The molecule has 1 rings (SSSR count). The predicted octanol–water partition coefficient (Wildman–Crippen LogP) is 1.44. The quantitative estimate of drug-likeness (QED) is 0.582. The topological polar surface area (TPSA) is 49.4 Å². The van der Waals surface area contributed by atoms with Gasteiger partial charge < -0.3 is 5.32 Å². The first kappa shape index (κ1) is 14.9. The first-order chi connectivity index (χ1) is 8.02. The van der Waals surface area contributed by atoms with E-state index in [0.29, 0.717) is 6.54 Å². The summed E-state index contributed by atoms with van der Waals surface area (Å²) in [4.78, 5) is 0. The molecule has 0 bridgehead atoms. The standard InChI is InChI=1S/C12H26N2O2S/c1-14(2)17(15,16)10-9-13-11-12-7-5-3-4-6-8-12/h12-13H,3-11H2,1-2H3. The minimum absolute atomic E-state index is 0.201. The molecule has 0 amide bonds. The second-order valence-corrected chi connectivity index (χ2v) is 7.46. The maximum atomic E-state index is 11.5. The molecule has 1 saturated carbocycles. The van der Waals surface area contributed by atoms with Crippen LogP contribution in [0.2, 0.25) is 0 Å². The van der Waals surface area contributed by atoms with Crippen LogP contribution in [0.25, 0.3) is 0 Å². The Balaban J connectivity index is 2.15. The van der Waals surface area contributed by atoms with Gasteiger partial charge in [0.1, 0.15) is 0 Å². The van der Waals surface area contributed by atoms with Gasteiger partial charge in [0.25, 0.3) is 0 Å². The zero-order valence-electron chi connectivity index (χ0n) is 11.1. The van der Waals surface area contributed by atoms with Crippen molar-refractivity contribution in [2.24, 2.45) is 5.92 Å². The molecule has 17 heavy (non-hydrogen) atoms. The summed E-state index contributed by atoms with van der Waals surface area (Å²) in [5.41, 5.74) is 0. The van der Waals surface area contributed by atoms with Crippen LogP contribution in [0, 0.1) is 5.92 Å². The van der Waals surface area contributed by atoms with Gasteiger partial charge in [-0.3, -0.25) is 0 Å². The summed E-state index contributed by atoms with van der Waals surface area (Å²) in [5.74, 6) is 0.951. The molecular formula is C12H26N2O2S. The van der Waals surface area contributed by atoms with Crippen LogP contribution in [-0.2, 0) is 10.0 Å². The molecule has 0 heterocycles. The van der Waals surface area contributed by atoms with Gasteiger partial charge in [0.05, 0.1) is 5.75 Å². The molecule has 0 aromatic heterocycles. The minimum atomic E-state index is -3.04. The van der Waals surface area contributed by atoms with Gasteiger partial charge in [-0.1, -0.05) is 25.7 Å². The summed E-state index contributed by atoms with van der Waals surface area (Å²) >= 11 is 0. The summed E-state index contributed by atoms with van der Waals surface area (Å²) in [6, 6.07) is 0. The molecule has 102 valence electrons. The Labute approximate surface area is 106 Å². The number of nitrogens with one attached hydrogen (secondary N) is 1. The number of hydrogen-bond acceptors (Lipinski definition) is 3. The Morgan fingerprint density at radius 1 is 1.12 bits per heavy atom. The molecule has 0 unspecified atom stereocenters. The van der Waals surface area contributed by atoms with Crippen LogP contribution in [0.1, 0.15) is 38.5 Å². The van der Waals surface area contributed by atoms with Crippen LogP contribution in [0.4, 0.5) is 0 Å². The summed E-state index contributed by atoms with van der Waals surface area (Å²) in [7, 11) is 0.130. The lowest BCUT2D eigenvalue weighted by atomic mass is 10.0. The molecule has 0 spiro atoms. The van der Waals surface area contributed by atoms with E-state index in [9.17, 15) is 8.42 Å². The van der Waals surface area contributed by atoms with E-state index in [0.717, 1.165) is 12.5 Å². The molecule has 0 aromatic rings. The van der Waals surface area contributed by atoms with E-state index >= 15 is 0 Å². The van der Waals surface area contributed by atoms with Crippen molar-refractivity contribution in [2.45, 2.75) is 38.5 Å². The number of hydrogen-bond donors (Lipinski definition) is 1. The highest BCUT2D eigenvalue weighted by Gasteiger charge is 2.14. The third-order valence-corrected chi connectivity index (χ3v) is 5.33. The first-order valence-corrected chi connectivity index (χ1v) is 8.24. The molecule has 1 aliphatic rings. The van der Waals surface area contributed by atoms with Crippen LogP contribution < -0.4 is 5.32 Å². The van der Waals surface area contributed by atoms with Crippen LogP contribution in [0.3, 0.4) is 0 Å². The van der Waals surface area contributed by atoms with Gasteiger partial charge in [-0.25, -0.2) is 12.7 Å². The van der Waals surface area contributed by atoms with Crippen molar-refractivity contribution >= 4 is 10.0 Å². The van der Waals surface area contributed by atoms with Crippen molar-refractivity contribution in [3.63, 3.8) is 0 Å². The van der Waals surface area contributed by atoms with E-state index in [1.165, 1.54) is 42.8 Å². The van der Waals surface area contributed by atoms with E-state index in [4.69, 9.17) is 0 Å². The molecule has 1 aliphatic carbocycles. The lowest BCUT2D eigenvalue weighted by Crippen LogP contribution is -2.33. The highest BCUT2D eigenvalue weighted by Crippen LogP contribution is 2.21. The maximum absolute atomic E-state index is 11.5. The fourth-order valence-electron chi connectivity index (χ4n) is 2.26. The molecule has 4 nitrogen and oxygen atoms in total. The van der Waals surface area contributed by atoms with Crippen molar-refractivity contribution in [3.05, 3.63) is 0 Å². The summed E-state index contributed by atoms with van der Waals surface area (Å²) in [5, 5.41) is 3.29. The van der Waals surface area contributed by atoms with Crippen molar-refractivity contribution in [1.82, 2.24) is 9.62 Å². The summed E-state index contributed by atoms with van der Waals surface area (Å²) in [6.45, 7) is 1.54. The molecule has 0 aromatic carbocycles. The Morgan fingerprint density at radius 2 is 1.71 bits per heavy atom. The predicted molar refractivity (Wildman–Crippen MR) is 71.5 cm³/mol. The third kappa shape index (κ3) is 5.84. The lowest BCUT2D eigenvalue weighted by molar-refractivity contribution is 0.429. The average molecular weight is 262 g/mol. The van der Waals surface area contributed by atoms with Gasteiger partial charge in [0, 0.05) is 20.6 Å². The zero-order chi connectivity index (χ0) is 12.7. The Morgan fingerprint density at radius 3 is 2.24 bits per heavy atom.